The van der Waals surface area contributed by atoms with Crippen molar-refractivity contribution in [3.8, 4) is 0 Å². The van der Waals surface area contributed by atoms with E-state index in [0.717, 1.165) is 13.0 Å². The van der Waals surface area contributed by atoms with E-state index in [4.69, 9.17) is 0 Å². The van der Waals surface area contributed by atoms with Crippen LogP contribution in [0.15, 0.2) is 24.9 Å². The number of rotatable bonds is 4. The molecule has 0 unspecified atom stereocenters. The predicted molar refractivity (Wildman–Crippen MR) is 47.0 cm³/mol. The highest BCUT2D eigenvalue weighted by Crippen LogP contribution is 1.93. The number of hydrogen-bond acceptors (Lipinski definition) is 1. The second-order valence-corrected chi connectivity index (χ2v) is 2.29. The summed E-state index contributed by atoms with van der Waals surface area (Å²) in [5.74, 6) is 0.0740. The smallest absolute Gasteiger partial charge is 0.223 e. The molecule has 0 aliphatic carbocycles. The molecule has 1 amide bonds. The Kier molecular flexibility index (Phi) is 5.17. The lowest BCUT2D eigenvalue weighted by Gasteiger charge is -2.13. The first-order valence-electron chi connectivity index (χ1n) is 3.78. The largest absolute Gasteiger partial charge is 0.319 e. The van der Waals surface area contributed by atoms with Crippen LogP contribution in [-0.4, -0.2) is 17.4 Å². The molecule has 0 saturated carbocycles. The van der Waals surface area contributed by atoms with Crippen LogP contribution in [0.2, 0.25) is 0 Å². The van der Waals surface area contributed by atoms with Gasteiger partial charge < -0.3 is 4.90 Å². The lowest BCUT2D eigenvalue weighted by molar-refractivity contribution is -0.126. The highest BCUT2D eigenvalue weighted by atomic mass is 16.2. The molecule has 62 valence electrons. The van der Waals surface area contributed by atoms with Gasteiger partial charge >= 0.3 is 0 Å². The van der Waals surface area contributed by atoms with Gasteiger partial charge in [0.2, 0.25) is 5.91 Å². The maximum Gasteiger partial charge on any atom is 0.223 e. The molecule has 11 heavy (non-hydrogen) atoms. The van der Waals surface area contributed by atoms with Crippen LogP contribution in [0.3, 0.4) is 0 Å². The summed E-state index contributed by atoms with van der Waals surface area (Å²) in [6, 6.07) is 0. The molecule has 0 heterocycles. The van der Waals surface area contributed by atoms with Crippen molar-refractivity contribution in [1.29, 1.82) is 0 Å². The molecule has 0 aliphatic heterocycles. The van der Waals surface area contributed by atoms with E-state index in [1.54, 1.807) is 30.2 Å². The number of allylic oxidation sites excluding steroid dienone is 2. The van der Waals surface area contributed by atoms with Crippen molar-refractivity contribution in [1.82, 2.24) is 4.90 Å². The average Bonchev–Trinajstić information content (AvgIpc) is 1.97. The van der Waals surface area contributed by atoms with Crippen molar-refractivity contribution in [2.75, 3.05) is 6.54 Å². The van der Waals surface area contributed by atoms with Gasteiger partial charge in [0.25, 0.3) is 0 Å². The van der Waals surface area contributed by atoms with E-state index < -0.39 is 0 Å². The first kappa shape index (κ1) is 9.95. The molecule has 0 radical (unpaired) electrons. The molecule has 0 bridgehead atoms. The van der Waals surface area contributed by atoms with E-state index in [9.17, 15) is 4.79 Å². The minimum Gasteiger partial charge on any atom is -0.319 e. The average molecular weight is 153 g/mol. The molecule has 0 spiro atoms. The Labute approximate surface area is 68.2 Å². The van der Waals surface area contributed by atoms with Crippen molar-refractivity contribution in [2.24, 2.45) is 0 Å². The van der Waals surface area contributed by atoms with Crippen LogP contribution in [0, 0.1) is 0 Å². The van der Waals surface area contributed by atoms with Crippen molar-refractivity contribution in [2.45, 2.75) is 20.3 Å². The Morgan fingerprint density at radius 1 is 1.64 bits per heavy atom. The molecule has 0 aromatic heterocycles. The van der Waals surface area contributed by atoms with Gasteiger partial charge in [-0.1, -0.05) is 19.6 Å². The molecule has 0 atom stereocenters. The molecule has 0 aromatic rings. The topological polar surface area (TPSA) is 20.3 Å². The maximum absolute atomic E-state index is 10.9. The third kappa shape index (κ3) is 4.37. The van der Waals surface area contributed by atoms with Gasteiger partial charge in [-0.3, -0.25) is 4.79 Å². The number of carbonyl (C=O) groups is 1. The van der Waals surface area contributed by atoms with Crippen LogP contribution < -0.4 is 0 Å². The van der Waals surface area contributed by atoms with Gasteiger partial charge in [-0.2, -0.15) is 0 Å². The number of hydrogen-bond donors (Lipinski definition) is 0. The van der Waals surface area contributed by atoms with Gasteiger partial charge in [0.1, 0.15) is 0 Å². The summed E-state index contributed by atoms with van der Waals surface area (Å²) >= 11 is 0. The Morgan fingerprint density at radius 3 is 2.64 bits per heavy atom. The van der Waals surface area contributed by atoms with Crippen LogP contribution in [0.25, 0.3) is 0 Å². The molecular weight excluding hydrogens is 138 g/mol. The fraction of sp³-hybridized carbons (Fsp3) is 0.444. The van der Waals surface area contributed by atoms with Crippen molar-refractivity contribution >= 4 is 5.91 Å². The summed E-state index contributed by atoms with van der Waals surface area (Å²) in [5, 5.41) is 0. The molecule has 0 aromatic carbocycles. The van der Waals surface area contributed by atoms with Crippen LogP contribution in [0.1, 0.15) is 20.3 Å². The monoisotopic (exact) mass is 153 g/mol. The summed E-state index contributed by atoms with van der Waals surface area (Å²) in [4.78, 5) is 12.5. The van der Waals surface area contributed by atoms with Crippen molar-refractivity contribution < 1.29 is 4.79 Å². The maximum atomic E-state index is 10.9. The van der Waals surface area contributed by atoms with E-state index in [2.05, 4.69) is 6.58 Å². The highest BCUT2D eigenvalue weighted by Gasteiger charge is 2.00. The Bertz CT molecular complexity index is 161. The van der Waals surface area contributed by atoms with E-state index >= 15 is 0 Å². The Balaban J connectivity index is 3.98. The Hall–Kier alpha value is -1.05. The van der Waals surface area contributed by atoms with Gasteiger partial charge in [-0.25, -0.2) is 0 Å². The molecule has 0 aliphatic rings. The third-order valence-electron chi connectivity index (χ3n) is 1.27. The first-order valence-corrected chi connectivity index (χ1v) is 3.78. The second kappa shape index (κ2) is 5.71. The zero-order chi connectivity index (χ0) is 8.69. The fourth-order valence-electron chi connectivity index (χ4n) is 0.743. The van der Waals surface area contributed by atoms with Crippen LogP contribution >= 0.6 is 0 Å². The minimum atomic E-state index is 0.0740. The van der Waals surface area contributed by atoms with E-state index in [1.165, 1.54) is 0 Å². The van der Waals surface area contributed by atoms with Crippen LogP contribution in [0.4, 0.5) is 0 Å². The lowest BCUT2D eigenvalue weighted by atomic mass is 10.4. The molecule has 2 heteroatoms. The summed E-state index contributed by atoms with van der Waals surface area (Å²) in [6.45, 7) is 7.90. The molecule has 0 fully saturated rings. The van der Waals surface area contributed by atoms with E-state index in [1.807, 2.05) is 6.92 Å². The zero-order valence-electron chi connectivity index (χ0n) is 7.21. The van der Waals surface area contributed by atoms with E-state index in [-0.39, 0.29) is 5.91 Å². The Morgan fingerprint density at radius 2 is 2.27 bits per heavy atom. The summed E-state index contributed by atoms with van der Waals surface area (Å²) in [5.41, 5.74) is 0. The van der Waals surface area contributed by atoms with E-state index in [0.29, 0.717) is 0 Å². The SMILES string of the molecule is C=CC=CN(CCC)C(C)=O. The van der Waals surface area contributed by atoms with Crippen LogP contribution in [-0.2, 0) is 4.79 Å². The normalized spacial score (nSPS) is 10.0. The molecular formula is C9H15NO. The fourth-order valence-corrected chi connectivity index (χ4v) is 0.743. The summed E-state index contributed by atoms with van der Waals surface area (Å²) in [7, 11) is 0. The number of nitrogens with zero attached hydrogens (tertiary/aromatic N) is 1. The quantitative estimate of drug-likeness (QED) is 0.565. The van der Waals surface area contributed by atoms with Crippen LogP contribution in [0.5, 0.6) is 0 Å². The summed E-state index contributed by atoms with van der Waals surface area (Å²) < 4.78 is 0. The number of amides is 1. The molecule has 0 rings (SSSR count). The van der Waals surface area contributed by atoms with Gasteiger partial charge in [-0.05, 0) is 12.5 Å². The standard InChI is InChI=1S/C9H15NO/c1-4-6-8-10(7-5-2)9(3)11/h4,6,8H,1,5,7H2,2-3H3. The van der Waals surface area contributed by atoms with Crippen molar-refractivity contribution in [3.63, 3.8) is 0 Å². The lowest BCUT2D eigenvalue weighted by Crippen LogP contribution is -2.23. The number of carbonyl (C=O) groups excluding carboxylic acids is 1. The van der Waals surface area contributed by atoms with Gasteiger partial charge in [0.05, 0.1) is 0 Å². The minimum absolute atomic E-state index is 0.0740. The van der Waals surface area contributed by atoms with Gasteiger partial charge in [0.15, 0.2) is 0 Å². The zero-order valence-corrected chi connectivity index (χ0v) is 7.21. The summed E-state index contributed by atoms with van der Waals surface area (Å²) in [6.07, 6.45) is 6.14. The predicted octanol–water partition coefficient (Wildman–Crippen LogP) is 1.94. The first-order chi connectivity index (χ1) is 5.22. The molecule has 0 saturated heterocycles. The molecule has 2 nitrogen and oxygen atoms in total. The third-order valence-corrected chi connectivity index (χ3v) is 1.27. The van der Waals surface area contributed by atoms with Gasteiger partial charge in [-0.15, -0.1) is 0 Å². The second-order valence-electron chi connectivity index (χ2n) is 2.29. The van der Waals surface area contributed by atoms with Crippen molar-refractivity contribution in [3.05, 3.63) is 24.9 Å². The highest BCUT2D eigenvalue weighted by molar-refractivity contribution is 5.74. The van der Waals surface area contributed by atoms with Gasteiger partial charge in [0, 0.05) is 19.7 Å². The molecule has 0 N–H and O–H groups in total.